The highest BCUT2D eigenvalue weighted by Crippen LogP contribution is 2.11. The smallest absolute Gasteiger partial charge is 0.145 e. The van der Waals surface area contributed by atoms with Crippen LogP contribution in [0.15, 0.2) is 42.9 Å². The van der Waals surface area contributed by atoms with Crippen molar-refractivity contribution in [1.29, 1.82) is 0 Å². The van der Waals surface area contributed by atoms with E-state index in [0.29, 0.717) is 5.82 Å². The summed E-state index contributed by atoms with van der Waals surface area (Å²) in [6.07, 6.45) is 5.47. The van der Waals surface area contributed by atoms with Crippen LogP contribution in [0.4, 0.5) is 5.82 Å². The third kappa shape index (κ3) is 1.17. The molecule has 0 aliphatic heterocycles. The first-order valence-electron chi connectivity index (χ1n) is 4.58. The number of nitrogens with two attached hydrogens (primary N) is 1. The molecule has 0 radical (unpaired) electrons. The first-order chi connectivity index (χ1) is 7.34. The molecule has 3 rings (SSSR count). The number of hydrogen-bond donors (Lipinski definition) is 1. The van der Waals surface area contributed by atoms with Crippen molar-refractivity contribution in [2.24, 2.45) is 0 Å². The topological polar surface area (TPSA) is 61.1 Å². The number of imidazole rings is 1. The molecule has 0 aromatic carbocycles. The molecule has 0 unspecified atom stereocenters. The maximum absolute atomic E-state index is 5.58. The summed E-state index contributed by atoms with van der Waals surface area (Å²) in [5.41, 5.74) is 6.47. The zero-order valence-electron chi connectivity index (χ0n) is 7.91. The fourth-order valence-corrected chi connectivity index (χ4v) is 1.58. The van der Waals surface area contributed by atoms with Gasteiger partial charge in [0, 0.05) is 24.7 Å². The monoisotopic (exact) mass is 199 g/mol. The highest BCUT2D eigenvalue weighted by atomic mass is 15.3. The lowest BCUT2D eigenvalue weighted by Gasteiger charge is -2.04. The first kappa shape index (κ1) is 8.05. The maximum atomic E-state index is 5.58. The van der Waals surface area contributed by atoms with E-state index in [9.17, 15) is 0 Å². The van der Waals surface area contributed by atoms with Gasteiger partial charge in [0.1, 0.15) is 17.3 Å². The lowest BCUT2D eigenvalue weighted by molar-refractivity contribution is 0.834. The Kier molecular flexibility index (Phi) is 1.53. The molecule has 0 aliphatic rings. The van der Waals surface area contributed by atoms with Gasteiger partial charge in [0.15, 0.2) is 0 Å². The van der Waals surface area contributed by atoms with Crippen LogP contribution in [0.2, 0.25) is 0 Å². The Hall–Kier alpha value is -2.30. The molecule has 5 nitrogen and oxygen atoms in total. The summed E-state index contributed by atoms with van der Waals surface area (Å²) < 4.78 is 3.68. The third-order valence-electron chi connectivity index (χ3n) is 2.25. The van der Waals surface area contributed by atoms with Gasteiger partial charge in [0.2, 0.25) is 0 Å². The van der Waals surface area contributed by atoms with Crippen LogP contribution >= 0.6 is 0 Å². The van der Waals surface area contributed by atoms with Crippen molar-refractivity contribution in [3.63, 3.8) is 0 Å². The van der Waals surface area contributed by atoms with E-state index in [1.165, 1.54) is 0 Å². The fraction of sp³-hybridized carbons (Fsp3) is 0. The summed E-state index contributed by atoms with van der Waals surface area (Å²) >= 11 is 0. The Balaban J connectivity index is 2.30. The summed E-state index contributed by atoms with van der Waals surface area (Å²) in [5.74, 6) is 1.42. The van der Waals surface area contributed by atoms with Crippen LogP contribution in [0, 0.1) is 0 Å². The summed E-state index contributed by atoms with van der Waals surface area (Å²) in [5, 5.41) is 4.16. The van der Waals surface area contributed by atoms with Crippen molar-refractivity contribution >= 4 is 11.5 Å². The molecule has 3 aromatic heterocycles. The Bertz CT molecular complexity index is 607. The normalized spacial score (nSPS) is 10.9. The first-order valence-corrected chi connectivity index (χ1v) is 4.58. The van der Waals surface area contributed by atoms with Crippen molar-refractivity contribution < 1.29 is 0 Å². The lowest BCUT2D eigenvalue weighted by atomic mass is 10.4. The highest BCUT2D eigenvalue weighted by Gasteiger charge is 2.03. The van der Waals surface area contributed by atoms with Crippen molar-refractivity contribution in [3.8, 4) is 5.82 Å². The molecule has 0 amide bonds. The van der Waals surface area contributed by atoms with E-state index < -0.39 is 0 Å². The molecule has 0 atom stereocenters. The molecule has 0 bridgehead atoms. The van der Waals surface area contributed by atoms with E-state index in [2.05, 4.69) is 10.1 Å². The average molecular weight is 199 g/mol. The zero-order valence-corrected chi connectivity index (χ0v) is 7.91. The Morgan fingerprint density at radius 3 is 2.87 bits per heavy atom. The number of rotatable bonds is 1. The number of fused-ring (bicyclic) bond motifs is 1. The predicted octanol–water partition coefficient (Wildman–Crippen LogP) is 1.10. The van der Waals surface area contributed by atoms with E-state index in [4.69, 9.17) is 5.73 Å². The molecule has 5 heteroatoms. The quantitative estimate of drug-likeness (QED) is 0.638. The van der Waals surface area contributed by atoms with Crippen molar-refractivity contribution in [2.45, 2.75) is 0 Å². The van der Waals surface area contributed by atoms with Crippen LogP contribution in [0.1, 0.15) is 0 Å². The SMILES string of the molecule is Nc1ccn(-c2cccc3nccn23)n1. The van der Waals surface area contributed by atoms with E-state index in [1.54, 1.807) is 16.9 Å². The molecule has 0 saturated carbocycles. The van der Waals surface area contributed by atoms with E-state index >= 15 is 0 Å². The van der Waals surface area contributed by atoms with Gasteiger partial charge in [0.05, 0.1) is 0 Å². The number of nitrogen functional groups attached to an aromatic ring is 1. The molecule has 74 valence electrons. The Morgan fingerprint density at radius 1 is 1.13 bits per heavy atom. The molecule has 0 saturated heterocycles. The second kappa shape index (κ2) is 2.84. The molecular weight excluding hydrogens is 190 g/mol. The number of anilines is 1. The van der Waals surface area contributed by atoms with E-state index in [0.717, 1.165) is 11.5 Å². The number of pyridine rings is 1. The number of hydrogen-bond acceptors (Lipinski definition) is 3. The number of nitrogens with zero attached hydrogens (tertiary/aromatic N) is 4. The molecule has 15 heavy (non-hydrogen) atoms. The predicted molar refractivity (Wildman–Crippen MR) is 56.7 cm³/mol. The third-order valence-corrected chi connectivity index (χ3v) is 2.25. The molecule has 0 fully saturated rings. The zero-order chi connectivity index (χ0) is 10.3. The van der Waals surface area contributed by atoms with Gasteiger partial charge in [-0.25, -0.2) is 9.67 Å². The van der Waals surface area contributed by atoms with Crippen molar-refractivity contribution in [2.75, 3.05) is 5.73 Å². The molecule has 0 spiro atoms. The summed E-state index contributed by atoms with van der Waals surface area (Å²) in [6.45, 7) is 0. The molecular formula is C10H9N5. The molecule has 3 aromatic rings. The van der Waals surface area contributed by atoms with Gasteiger partial charge in [-0.1, -0.05) is 6.07 Å². The Labute approximate surface area is 85.8 Å². The van der Waals surface area contributed by atoms with E-state index in [1.807, 2.05) is 35.0 Å². The summed E-state index contributed by atoms with van der Waals surface area (Å²) in [7, 11) is 0. The van der Waals surface area contributed by atoms with Crippen LogP contribution in [-0.4, -0.2) is 19.2 Å². The van der Waals surface area contributed by atoms with Crippen molar-refractivity contribution in [3.05, 3.63) is 42.9 Å². The molecule has 2 N–H and O–H groups in total. The highest BCUT2D eigenvalue weighted by molar-refractivity contribution is 5.44. The van der Waals surface area contributed by atoms with Gasteiger partial charge in [-0.15, -0.1) is 5.10 Å². The van der Waals surface area contributed by atoms with Crippen molar-refractivity contribution in [1.82, 2.24) is 19.2 Å². The summed E-state index contributed by atoms with van der Waals surface area (Å²) in [4.78, 5) is 4.20. The second-order valence-electron chi connectivity index (χ2n) is 3.22. The van der Waals surface area contributed by atoms with E-state index in [-0.39, 0.29) is 0 Å². The Morgan fingerprint density at radius 2 is 2.07 bits per heavy atom. The van der Waals surface area contributed by atoms with Gasteiger partial charge in [-0.3, -0.25) is 4.40 Å². The van der Waals surface area contributed by atoms with Crippen LogP contribution in [0.3, 0.4) is 0 Å². The minimum Gasteiger partial charge on any atom is -0.382 e. The van der Waals surface area contributed by atoms with Gasteiger partial charge in [0.25, 0.3) is 0 Å². The van der Waals surface area contributed by atoms with Crippen LogP contribution in [0.25, 0.3) is 11.5 Å². The van der Waals surface area contributed by atoms with Gasteiger partial charge in [-0.05, 0) is 12.1 Å². The standard InChI is InChI=1S/C10H9N5/c11-8-4-6-15(13-8)10-3-1-2-9-12-5-7-14(9)10/h1-7H,(H2,11,13). The molecule has 0 aliphatic carbocycles. The summed E-state index contributed by atoms with van der Waals surface area (Å²) in [6, 6.07) is 7.60. The minimum atomic E-state index is 0.507. The number of aromatic nitrogens is 4. The van der Waals surface area contributed by atoms with Gasteiger partial charge in [-0.2, -0.15) is 0 Å². The van der Waals surface area contributed by atoms with Gasteiger partial charge >= 0.3 is 0 Å². The van der Waals surface area contributed by atoms with Crippen LogP contribution in [-0.2, 0) is 0 Å². The molecule has 3 heterocycles. The average Bonchev–Trinajstić information content (AvgIpc) is 2.84. The fourth-order valence-electron chi connectivity index (χ4n) is 1.58. The van der Waals surface area contributed by atoms with Crippen LogP contribution < -0.4 is 5.73 Å². The van der Waals surface area contributed by atoms with Gasteiger partial charge < -0.3 is 5.73 Å². The minimum absolute atomic E-state index is 0.507. The maximum Gasteiger partial charge on any atom is 0.145 e. The van der Waals surface area contributed by atoms with Crippen LogP contribution in [0.5, 0.6) is 0 Å². The second-order valence-corrected chi connectivity index (χ2v) is 3.22. The lowest BCUT2D eigenvalue weighted by Crippen LogP contribution is -2.02. The largest absolute Gasteiger partial charge is 0.382 e.